The Hall–Kier alpha value is -2.67. The summed E-state index contributed by atoms with van der Waals surface area (Å²) in [6, 6.07) is 9.62. The van der Waals surface area contributed by atoms with E-state index in [1.54, 1.807) is 24.3 Å². The number of carbonyl (C=O) groups excluding carboxylic acids is 1. The summed E-state index contributed by atoms with van der Waals surface area (Å²) >= 11 is 5.76. The molecule has 0 saturated carbocycles. The second kappa shape index (κ2) is 6.67. The maximum Gasteiger partial charge on any atom is 0.287 e. The molecule has 1 heterocycles. The van der Waals surface area contributed by atoms with Crippen molar-refractivity contribution in [3.05, 3.63) is 63.3 Å². The Labute approximate surface area is 125 Å². The van der Waals surface area contributed by atoms with Gasteiger partial charge in [0.15, 0.2) is 0 Å². The summed E-state index contributed by atoms with van der Waals surface area (Å²) in [6.07, 6.45) is 1.28. The van der Waals surface area contributed by atoms with Crippen LogP contribution in [0.1, 0.15) is 5.56 Å². The van der Waals surface area contributed by atoms with E-state index in [0.29, 0.717) is 10.8 Å². The van der Waals surface area contributed by atoms with Crippen molar-refractivity contribution in [2.24, 2.45) is 0 Å². The molecular formula is C13H11ClN4O3. The topological polar surface area (TPSA) is 97.2 Å². The number of rotatable bonds is 5. The lowest BCUT2D eigenvalue weighted by Gasteiger charge is -2.07. The Morgan fingerprint density at radius 1 is 1.24 bits per heavy atom. The third kappa shape index (κ3) is 4.43. The van der Waals surface area contributed by atoms with Crippen LogP contribution in [0.2, 0.25) is 5.02 Å². The van der Waals surface area contributed by atoms with Crippen LogP contribution in [0.3, 0.4) is 0 Å². The van der Waals surface area contributed by atoms with Crippen LogP contribution in [0.15, 0.2) is 42.6 Å². The van der Waals surface area contributed by atoms with Crippen molar-refractivity contribution in [3.63, 3.8) is 0 Å². The zero-order chi connectivity index (χ0) is 15.2. The van der Waals surface area contributed by atoms with Gasteiger partial charge in [-0.3, -0.25) is 25.8 Å². The van der Waals surface area contributed by atoms with Gasteiger partial charge in [0, 0.05) is 11.1 Å². The molecule has 0 fully saturated rings. The molecule has 108 valence electrons. The van der Waals surface area contributed by atoms with Gasteiger partial charge in [-0.15, -0.1) is 0 Å². The number of hydrogen-bond acceptors (Lipinski definition) is 5. The van der Waals surface area contributed by atoms with Gasteiger partial charge in [-0.2, -0.15) is 0 Å². The van der Waals surface area contributed by atoms with Gasteiger partial charge in [0.2, 0.25) is 5.91 Å². The number of hydrogen-bond donors (Lipinski definition) is 2. The Balaban J connectivity index is 1.86. The van der Waals surface area contributed by atoms with E-state index in [-0.39, 0.29) is 18.0 Å². The van der Waals surface area contributed by atoms with Gasteiger partial charge in [0.25, 0.3) is 5.69 Å². The maximum atomic E-state index is 11.7. The van der Waals surface area contributed by atoms with Crippen LogP contribution < -0.4 is 10.9 Å². The summed E-state index contributed by atoms with van der Waals surface area (Å²) < 4.78 is 0. The molecule has 0 bridgehead atoms. The Morgan fingerprint density at radius 3 is 2.52 bits per heavy atom. The summed E-state index contributed by atoms with van der Waals surface area (Å²) in [4.78, 5) is 25.4. The average molecular weight is 307 g/mol. The van der Waals surface area contributed by atoms with Crippen LogP contribution in [-0.2, 0) is 11.2 Å². The largest absolute Gasteiger partial charge is 0.287 e. The molecule has 0 aliphatic heterocycles. The molecule has 1 amide bonds. The predicted molar refractivity (Wildman–Crippen MR) is 77.8 cm³/mol. The van der Waals surface area contributed by atoms with Gasteiger partial charge in [0.05, 0.1) is 11.3 Å². The standard InChI is InChI=1S/C13H11ClN4O3/c14-10-3-1-9(2-4-10)7-13(19)17-16-12-6-5-11(8-15-12)18(20)21/h1-6,8H,7H2,(H,15,16)(H,17,19). The minimum atomic E-state index is -0.546. The average Bonchev–Trinajstić information content (AvgIpc) is 2.48. The van der Waals surface area contributed by atoms with E-state index in [1.165, 1.54) is 12.1 Å². The van der Waals surface area contributed by atoms with E-state index >= 15 is 0 Å². The Morgan fingerprint density at radius 2 is 1.95 bits per heavy atom. The zero-order valence-corrected chi connectivity index (χ0v) is 11.5. The number of hydrazine groups is 1. The van der Waals surface area contributed by atoms with E-state index in [1.807, 2.05) is 0 Å². The SMILES string of the molecule is O=C(Cc1ccc(Cl)cc1)NNc1ccc([N+](=O)[O-])cn1. The molecule has 21 heavy (non-hydrogen) atoms. The molecule has 2 rings (SSSR count). The molecule has 8 heteroatoms. The lowest BCUT2D eigenvalue weighted by molar-refractivity contribution is -0.385. The molecule has 1 aromatic heterocycles. The number of carbonyl (C=O) groups is 1. The van der Waals surface area contributed by atoms with Crippen LogP contribution in [0.25, 0.3) is 0 Å². The summed E-state index contributed by atoms with van der Waals surface area (Å²) in [6.45, 7) is 0. The Bertz CT molecular complexity index is 643. The molecule has 0 spiro atoms. The van der Waals surface area contributed by atoms with Crippen molar-refractivity contribution in [2.45, 2.75) is 6.42 Å². The van der Waals surface area contributed by atoms with E-state index in [2.05, 4.69) is 15.8 Å². The van der Waals surface area contributed by atoms with Crippen molar-refractivity contribution in [3.8, 4) is 0 Å². The smallest absolute Gasteiger partial charge is 0.282 e. The highest BCUT2D eigenvalue weighted by atomic mass is 35.5. The fraction of sp³-hybridized carbons (Fsp3) is 0.0769. The molecule has 2 aromatic rings. The lowest BCUT2D eigenvalue weighted by atomic mass is 10.1. The number of nitro groups is 1. The first kappa shape index (κ1) is 14.7. The van der Waals surface area contributed by atoms with Gasteiger partial charge in [0.1, 0.15) is 12.0 Å². The van der Waals surface area contributed by atoms with Gasteiger partial charge >= 0.3 is 0 Å². The third-order valence-corrected chi connectivity index (χ3v) is 2.82. The first-order chi connectivity index (χ1) is 10.0. The van der Waals surface area contributed by atoms with Crippen molar-refractivity contribution < 1.29 is 9.72 Å². The number of benzene rings is 1. The highest BCUT2D eigenvalue weighted by Gasteiger charge is 2.06. The van der Waals surface area contributed by atoms with Crippen LogP contribution in [0.4, 0.5) is 11.5 Å². The summed E-state index contributed by atoms with van der Waals surface area (Å²) in [5.41, 5.74) is 5.74. The molecule has 0 aliphatic carbocycles. The number of pyridine rings is 1. The van der Waals surface area contributed by atoms with Gasteiger partial charge < -0.3 is 0 Å². The molecule has 0 saturated heterocycles. The molecular weight excluding hydrogens is 296 g/mol. The quantitative estimate of drug-likeness (QED) is 0.652. The Kier molecular flexibility index (Phi) is 4.68. The molecule has 7 nitrogen and oxygen atoms in total. The van der Waals surface area contributed by atoms with Gasteiger partial charge in [-0.1, -0.05) is 23.7 Å². The highest BCUT2D eigenvalue weighted by Crippen LogP contribution is 2.11. The second-order valence-electron chi connectivity index (χ2n) is 4.14. The number of nitrogens with zero attached hydrogens (tertiary/aromatic N) is 2. The summed E-state index contributed by atoms with van der Waals surface area (Å²) in [7, 11) is 0. The molecule has 0 aliphatic rings. The molecule has 0 unspecified atom stereocenters. The van der Waals surface area contributed by atoms with Gasteiger partial charge in [-0.25, -0.2) is 4.98 Å². The lowest BCUT2D eigenvalue weighted by Crippen LogP contribution is -2.31. The number of halogens is 1. The van der Waals surface area contributed by atoms with E-state index < -0.39 is 4.92 Å². The van der Waals surface area contributed by atoms with Crippen LogP contribution in [-0.4, -0.2) is 15.8 Å². The summed E-state index contributed by atoms with van der Waals surface area (Å²) in [5, 5.41) is 11.1. The third-order valence-electron chi connectivity index (χ3n) is 2.57. The summed E-state index contributed by atoms with van der Waals surface area (Å²) in [5.74, 6) is 0.0440. The van der Waals surface area contributed by atoms with Crippen LogP contribution >= 0.6 is 11.6 Å². The van der Waals surface area contributed by atoms with Crippen molar-refractivity contribution in [2.75, 3.05) is 5.43 Å². The molecule has 0 atom stereocenters. The van der Waals surface area contributed by atoms with Gasteiger partial charge in [-0.05, 0) is 23.8 Å². The zero-order valence-electron chi connectivity index (χ0n) is 10.7. The van der Waals surface area contributed by atoms with E-state index in [0.717, 1.165) is 11.8 Å². The number of amides is 1. The number of aromatic nitrogens is 1. The first-order valence-corrected chi connectivity index (χ1v) is 6.32. The number of anilines is 1. The van der Waals surface area contributed by atoms with Crippen molar-refractivity contribution >= 4 is 29.0 Å². The molecule has 1 aromatic carbocycles. The van der Waals surface area contributed by atoms with Crippen LogP contribution in [0.5, 0.6) is 0 Å². The maximum absolute atomic E-state index is 11.7. The fourth-order valence-electron chi connectivity index (χ4n) is 1.53. The van der Waals surface area contributed by atoms with E-state index in [4.69, 9.17) is 11.6 Å². The fourth-order valence-corrected chi connectivity index (χ4v) is 1.66. The van der Waals surface area contributed by atoms with Crippen molar-refractivity contribution in [1.82, 2.24) is 10.4 Å². The highest BCUT2D eigenvalue weighted by molar-refractivity contribution is 6.30. The minimum Gasteiger partial charge on any atom is -0.282 e. The van der Waals surface area contributed by atoms with E-state index in [9.17, 15) is 14.9 Å². The number of nitrogens with one attached hydrogen (secondary N) is 2. The minimum absolute atomic E-state index is 0.118. The first-order valence-electron chi connectivity index (χ1n) is 5.94. The normalized spacial score (nSPS) is 9.95. The monoisotopic (exact) mass is 306 g/mol. The molecule has 2 N–H and O–H groups in total. The molecule has 0 radical (unpaired) electrons. The van der Waals surface area contributed by atoms with Crippen molar-refractivity contribution in [1.29, 1.82) is 0 Å². The second-order valence-corrected chi connectivity index (χ2v) is 4.57. The van der Waals surface area contributed by atoms with Crippen LogP contribution in [0, 0.1) is 10.1 Å². The predicted octanol–water partition coefficient (Wildman–Crippen LogP) is 2.33.